The van der Waals surface area contributed by atoms with Crippen molar-refractivity contribution in [3.05, 3.63) is 48.0 Å². The van der Waals surface area contributed by atoms with Crippen LogP contribution in [0.1, 0.15) is 30.8 Å². The molecule has 1 unspecified atom stereocenters. The van der Waals surface area contributed by atoms with Gasteiger partial charge in [0.1, 0.15) is 12.2 Å². The van der Waals surface area contributed by atoms with Crippen LogP contribution in [0.4, 0.5) is 0 Å². The van der Waals surface area contributed by atoms with Crippen LogP contribution < -0.4 is 5.32 Å². The van der Waals surface area contributed by atoms with Crippen LogP contribution in [0.3, 0.4) is 0 Å². The second kappa shape index (κ2) is 5.59. The Morgan fingerprint density at radius 3 is 2.65 bits per heavy atom. The maximum Gasteiger partial charge on any atom is 0.140 e. The minimum absolute atomic E-state index is 0.368. The Balaban J connectivity index is 1.99. The van der Waals surface area contributed by atoms with Gasteiger partial charge in [-0.25, -0.2) is 4.98 Å². The van der Waals surface area contributed by atoms with Gasteiger partial charge in [0, 0.05) is 13.1 Å². The first kappa shape index (κ1) is 11.8. The summed E-state index contributed by atoms with van der Waals surface area (Å²) in [6, 6.07) is 10.9. The van der Waals surface area contributed by atoms with Crippen molar-refractivity contribution in [3.8, 4) is 0 Å². The zero-order valence-corrected chi connectivity index (χ0v) is 10.3. The third-order valence-corrected chi connectivity index (χ3v) is 2.92. The second-order valence-electron chi connectivity index (χ2n) is 4.05. The van der Waals surface area contributed by atoms with E-state index in [9.17, 15) is 0 Å². The molecule has 0 aliphatic rings. The summed E-state index contributed by atoms with van der Waals surface area (Å²) >= 11 is 0. The Labute approximate surface area is 102 Å². The standard InChI is InChI=1S/C13H18N4/c1-3-12(11-7-5-4-6-8-11)14-9-13-15-10-16-17(13)2/h4-8,10,12,14H,3,9H2,1-2H3. The van der Waals surface area contributed by atoms with E-state index in [-0.39, 0.29) is 0 Å². The number of nitrogens with zero attached hydrogens (tertiary/aromatic N) is 3. The first-order valence-corrected chi connectivity index (χ1v) is 5.92. The average Bonchev–Trinajstić information content (AvgIpc) is 2.77. The number of rotatable bonds is 5. The monoisotopic (exact) mass is 230 g/mol. The molecule has 1 aromatic carbocycles. The highest BCUT2D eigenvalue weighted by Crippen LogP contribution is 2.16. The van der Waals surface area contributed by atoms with E-state index >= 15 is 0 Å². The molecule has 1 atom stereocenters. The lowest BCUT2D eigenvalue weighted by molar-refractivity contribution is 0.497. The highest BCUT2D eigenvalue weighted by molar-refractivity contribution is 5.18. The predicted molar refractivity (Wildman–Crippen MR) is 67.3 cm³/mol. The molecule has 4 heteroatoms. The molecule has 4 nitrogen and oxygen atoms in total. The highest BCUT2D eigenvalue weighted by atomic mass is 15.3. The fourth-order valence-electron chi connectivity index (χ4n) is 1.88. The van der Waals surface area contributed by atoms with Crippen LogP contribution in [-0.2, 0) is 13.6 Å². The summed E-state index contributed by atoms with van der Waals surface area (Å²) in [6.45, 7) is 2.92. The van der Waals surface area contributed by atoms with Gasteiger partial charge < -0.3 is 5.32 Å². The lowest BCUT2D eigenvalue weighted by atomic mass is 10.0. The van der Waals surface area contributed by atoms with Gasteiger partial charge in [-0.2, -0.15) is 5.10 Å². The fourth-order valence-corrected chi connectivity index (χ4v) is 1.88. The van der Waals surface area contributed by atoms with Crippen LogP contribution in [0.25, 0.3) is 0 Å². The molecule has 90 valence electrons. The van der Waals surface area contributed by atoms with Gasteiger partial charge in [-0.05, 0) is 12.0 Å². The molecule has 1 heterocycles. The molecule has 0 aliphatic carbocycles. The third kappa shape index (κ3) is 2.91. The molecule has 0 bridgehead atoms. The Kier molecular flexibility index (Phi) is 3.88. The van der Waals surface area contributed by atoms with E-state index in [2.05, 4.69) is 46.6 Å². The number of aromatic nitrogens is 3. The number of hydrogen-bond donors (Lipinski definition) is 1. The molecule has 0 radical (unpaired) electrons. The Bertz CT molecular complexity index is 449. The quantitative estimate of drug-likeness (QED) is 0.855. The van der Waals surface area contributed by atoms with E-state index in [4.69, 9.17) is 0 Å². The van der Waals surface area contributed by atoms with Crippen molar-refractivity contribution in [1.29, 1.82) is 0 Å². The van der Waals surface area contributed by atoms with Crippen molar-refractivity contribution < 1.29 is 0 Å². The molecule has 0 saturated heterocycles. The van der Waals surface area contributed by atoms with E-state index < -0.39 is 0 Å². The lowest BCUT2D eigenvalue weighted by Gasteiger charge is -2.16. The molecular formula is C13H18N4. The van der Waals surface area contributed by atoms with Crippen molar-refractivity contribution in [2.24, 2.45) is 7.05 Å². The SMILES string of the molecule is CCC(NCc1ncnn1C)c1ccccc1. The smallest absolute Gasteiger partial charge is 0.140 e. The minimum Gasteiger partial charge on any atom is -0.303 e. The topological polar surface area (TPSA) is 42.7 Å². The van der Waals surface area contributed by atoms with Gasteiger partial charge in [-0.15, -0.1) is 0 Å². The number of aryl methyl sites for hydroxylation is 1. The van der Waals surface area contributed by atoms with E-state index in [1.165, 1.54) is 5.56 Å². The van der Waals surface area contributed by atoms with Crippen molar-refractivity contribution >= 4 is 0 Å². The summed E-state index contributed by atoms with van der Waals surface area (Å²) < 4.78 is 1.80. The maximum absolute atomic E-state index is 4.21. The molecule has 17 heavy (non-hydrogen) atoms. The summed E-state index contributed by atoms with van der Waals surface area (Å²) in [5.41, 5.74) is 1.32. The average molecular weight is 230 g/mol. The van der Waals surface area contributed by atoms with Crippen molar-refractivity contribution in [3.63, 3.8) is 0 Å². The van der Waals surface area contributed by atoms with Crippen molar-refractivity contribution in [2.45, 2.75) is 25.9 Å². The van der Waals surface area contributed by atoms with E-state index in [0.717, 1.165) is 18.8 Å². The van der Waals surface area contributed by atoms with Gasteiger partial charge in [0.2, 0.25) is 0 Å². The van der Waals surface area contributed by atoms with Gasteiger partial charge in [0.15, 0.2) is 0 Å². The maximum atomic E-state index is 4.21. The van der Waals surface area contributed by atoms with Gasteiger partial charge in [-0.3, -0.25) is 4.68 Å². The Morgan fingerprint density at radius 2 is 2.06 bits per heavy atom. The second-order valence-corrected chi connectivity index (χ2v) is 4.05. The zero-order valence-electron chi connectivity index (χ0n) is 10.3. The van der Waals surface area contributed by atoms with E-state index in [1.807, 2.05) is 13.1 Å². The molecule has 0 aliphatic heterocycles. The largest absolute Gasteiger partial charge is 0.303 e. The predicted octanol–water partition coefficient (Wildman–Crippen LogP) is 2.06. The summed E-state index contributed by atoms with van der Waals surface area (Å²) in [4.78, 5) is 4.21. The van der Waals surface area contributed by atoms with Gasteiger partial charge in [0.05, 0.1) is 6.54 Å². The number of nitrogens with one attached hydrogen (secondary N) is 1. The molecule has 0 amide bonds. The number of benzene rings is 1. The highest BCUT2D eigenvalue weighted by Gasteiger charge is 2.09. The van der Waals surface area contributed by atoms with Gasteiger partial charge in [-0.1, -0.05) is 37.3 Å². The minimum atomic E-state index is 0.368. The normalized spacial score (nSPS) is 12.6. The molecule has 0 fully saturated rings. The van der Waals surface area contributed by atoms with Crippen molar-refractivity contribution in [2.75, 3.05) is 0 Å². The van der Waals surface area contributed by atoms with E-state index in [1.54, 1.807) is 11.0 Å². The van der Waals surface area contributed by atoms with Crippen molar-refractivity contribution in [1.82, 2.24) is 20.1 Å². The molecule has 0 spiro atoms. The third-order valence-electron chi connectivity index (χ3n) is 2.92. The first-order chi connectivity index (χ1) is 8.31. The molecule has 0 saturated carbocycles. The van der Waals surface area contributed by atoms with E-state index in [0.29, 0.717) is 6.04 Å². The molecule has 2 aromatic rings. The van der Waals surface area contributed by atoms with Crippen LogP contribution in [0.5, 0.6) is 0 Å². The summed E-state index contributed by atoms with van der Waals surface area (Å²) in [5.74, 6) is 0.958. The summed E-state index contributed by atoms with van der Waals surface area (Å²) in [7, 11) is 1.91. The van der Waals surface area contributed by atoms with Gasteiger partial charge >= 0.3 is 0 Å². The van der Waals surface area contributed by atoms with Crippen LogP contribution in [0, 0.1) is 0 Å². The molecular weight excluding hydrogens is 212 g/mol. The summed E-state index contributed by atoms with van der Waals surface area (Å²) in [5, 5.41) is 7.56. The lowest BCUT2D eigenvalue weighted by Crippen LogP contribution is -2.22. The van der Waals surface area contributed by atoms with Crippen LogP contribution in [0.15, 0.2) is 36.7 Å². The van der Waals surface area contributed by atoms with Crippen LogP contribution in [-0.4, -0.2) is 14.8 Å². The molecule has 1 aromatic heterocycles. The zero-order chi connectivity index (χ0) is 12.1. The fraction of sp³-hybridized carbons (Fsp3) is 0.385. The van der Waals surface area contributed by atoms with Crippen LogP contribution >= 0.6 is 0 Å². The molecule has 1 N–H and O–H groups in total. The summed E-state index contributed by atoms with van der Waals surface area (Å²) in [6.07, 6.45) is 2.64. The van der Waals surface area contributed by atoms with Gasteiger partial charge in [0.25, 0.3) is 0 Å². The first-order valence-electron chi connectivity index (χ1n) is 5.92. The Hall–Kier alpha value is -1.68. The van der Waals surface area contributed by atoms with Crippen LogP contribution in [0.2, 0.25) is 0 Å². The Morgan fingerprint density at radius 1 is 1.29 bits per heavy atom. The molecule has 2 rings (SSSR count). The number of hydrogen-bond acceptors (Lipinski definition) is 3.